The number of hydrogen-bond donors (Lipinski definition) is 1. The third-order valence-corrected chi connectivity index (χ3v) is 9.13. The van der Waals surface area contributed by atoms with Gasteiger partial charge in [0.05, 0.1) is 10.6 Å². The number of halogens is 3. The molecule has 0 aliphatic heterocycles. The fourth-order valence-corrected chi connectivity index (χ4v) is 6.18. The van der Waals surface area contributed by atoms with E-state index >= 15 is 0 Å². The molecule has 1 atom stereocenters. The molecular formula is C30H34Cl3N3O4S. The molecule has 0 fully saturated rings. The lowest BCUT2D eigenvalue weighted by Gasteiger charge is -2.32. The van der Waals surface area contributed by atoms with Gasteiger partial charge in [0, 0.05) is 28.2 Å². The first-order valence-corrected chi connectivity index (χ1v) is 15.6. The van der Waals surface area contributed by atoms with E-state index in [1.54, 1.807) is 56.3 Å². The van der Waals surface area contributed by atoms with Gasteiger partial charge in [-0.1, -0.05) is 78.5 Å². The zero-order valence-electron chi connectivity index (χ0n) is 23.6. The highest BCUT2D eigenvalue weighted by atomic mass is 35.5. The SMILES string of the molecule is Cc1ccc(S(=O)(=O)N(CC(=O)N(Cc2ccc(Cl)cc2Cl)[C@H](C)C(=O)NCC(C)C)c2cc(Cl)ccc2C)cc1. The van der Waals surface area contributed by atoms with Gasteiger partial charge < -0.3 is 10.2 Å². The van der Waals surface area contributed by atoms with Crippen molar-refractivity contribution in [2.75, 3.05) is 17.4 Å². The lowest BCUT2D eigenvalue weighted by Crippen LogP contribution is -2.51. The van der Waals surface area contributed by atoms with Crippen molar-refractivity contribution in [1.29, 1.82) is 0 Å². The lowest BCUT2D eigenvalue weighted by molar-refractivity contribution is -0.139. The molecule has 3 aromatic rings. The molecule has 1 N–H and O–H groups in total. The van der Waals surface area contributed by atoms with Gasteiger partial charge in [-0.25, -0.2) is 8.42 Å². The Labute approximate surface area is 257 Å². The predicted octanol–water partition coefficient (Wildman–Crippen LogP) is 6.65. The first kappa shape index (κ1) is 32.7. The van der Waals surface area contributed by atoms with Crippen LogP contribution >= 0.6 is 34.8 Å². The third-order valence-electron chi connectivity index (χ3n) is 6.54. The summed E-state index contributed by atoms with van der Waals surface area (Å²) in [6, 6.07) is 15.1. The van der Waals surface area contributed by atoms with Gasteiger partial charge in [0.2, 0.25) is 11.8 Å². The van der Waals surface area contributed by atoms with Crippen LogP contribution in [0.2, 0.25) is 15.1 Å². The number of nitrogens with zero attached hydrogens (tertiary/aromatic N) is 2. The molecule has 0 aliphatic carbocycles. The molecule has 0 unspecified atom stereocenters. The molecule has 0 aliphatic rings. The minimum atomic E-state index is -4.21. The monoisotopic (exact) mass is 637 g/mol. The van der Waals surface area contributed by atoms with E-state index in [9.17, 15) is 18.0 Å². The van der Waals surface area contributed by atoms with E-state index in [1.165, 1.54) is 23.1 Å². The summed E-state index contributed by atoms with van der Waals surface area (Å²) in [7, 11) is -4.21. The van der Waals surface area contributed by atoms with E-state index < -0.39 is 28.5 Å². The van der Waals surface area contributed by atoms with E-state index in [4.69, 9.17) is 34.8 Å². The fraction of sp³-hybridized carbons (Fsp3) is 0.333. The van der Waals surface area contributed by atoms with Gasteiger partial charge >= 0.3 is 0 Å². The maximum atomic E-state index is 14.1. The summed E-state index contributed by atoms with van der Waals surface area (Å²) in [5, 5.41) is 3.91. The number of anilines is 1. The molecular weight excluding hydrogens is 605 g/mol. The smallest absolute Gasteiger partial charge is 0.264 e. The highest BCUT2D eigenvalue weighted by molar-refractivity contribution is 7.92. The molecule has 11 heteroatoms. The zero-order chi connectivity index (χ0) is 30.5. The van der Waals surface area contributed by atoms with Gasteiger partial charge in [-0.05, 0) is 74.2 Å². The maximum absolute atomic E-state index is 14.1. The van der Waals surface area contributed by atoms with Crippen molar-refractivity contribution < 1.29 is 18.0 Å². The summed E-state index contributed by atoms with van der Waals surface area (Å²) in [4.78, 5) is 28.5. The van der Waals surface area contributed by atoms with E-state index in [2.05, 4.69) is 5.32 Å². The molecule has 0 saturated heterocycles. The quantitative estimate of drug-likeness (QED) is 0.255. The molecule has 3 aromatic carbocycles. The number of aryl methyl sites for hydroxylation is 2. The van der Waals surface area contributed by atoms with Gasteiger partial charge in [0.15, 0.2) is 0 Å². The molecule has 2 amide bonds. The van der Waals surface area contributed by atoms with Crippen molar-refractivity contribution in [3.63, 3.8) is 0 Å². The number of carbonyl (C=O) groups is 2. The van der Waals surface area contributed by atoms with E-state index in [-0.39, 0.29) is 29.0 Å². The van der Waals surface area contributed by atoms with Crippen molar-refractivity contribution in [3.05, 3.63) is 92.4 Å². The van der Waals surface area contributed by atoms with Crippen LogP contribution in [0.15, 0.2) is 65.6 Å². The predicted molar refractivity (Wildman–Crippen MR) is 166 cm³/mol. The van der Waals surface area contributed by atoms with Crippen LogP contribution in [0.1, 0.15) is 37.5 Å². The molecule has 0 bridgehead atoms. The topological polar surface area (TPSA) is 86.8 Å². The number of hydrogen-bond acceptors (Lipinski definition) is 4. The number of benzene rings is 3. The van der Waals surface area contributed by atoms with Crippen molar-refractivity contribution >= 4 is 62.3 Å². The molecule has 3 rings (SSSR count). The summed E-state index contributed by atoms with van der Waals surface area (Å²) in [5.41, 5.74) is 2.30. The van der Waals surface area contributed by atoms with Crippen LogP contribution in [0.25, 0.3) is 0 Å². The number of carbonyl (C=O) groups excluding carboxylic acids is 2. The molecule has 0 aromatic heterocycles. The molecule has 220 valence electrons. The molecule has 7 nitrogen and oxygen atoms in total. The molecule has 0 spiro atoms. The van der Waals surface area contributed by atoms with Crippen LogP contribution < -0.4 is 9.62 Å². The molecule has 0 saturated carbocycles. The second-order valence-electron chi connectivity index (χ2n) is 10.3. The Balaban J connectivity index is 2.08. The zero-order valence-corrected chi connectivity index (χ0v) is 26.7. The summed E-state index contributed by atoms with van der Waals surface area (Å²) in [6.45, 7) is 8.90. The average Bonchev–Trinajstić information content (AvgIpc) is 2.91. The van der Waals surface area contributed by atoms with Gasteiger partial charge in [-0.3, -0.25) is 13.9 Å². The van der Waals surface area contributed by atoms with Crippen LogP contribution in [0.4, 0.5) is 5.69 Å². The van der Waals surface area contributed by atoms with Crippen molar-refractivity contribution in [2.45, 2.75) is 52.1 Å². The molecule has 0 heterocycles. The Hall–Kier alpha value is -2.78. The minimum absolute atomic E-state index is 0.0188. The molecule has 41 heavy (non-hydrogen) atoms. The maximum Gasteiger partial charge on any atom is 0.264 e. The van der Waals surface area contributed by atoms with Gasteiger partial charge in [-0.15, -0.1) is 0 Å². The standard InChI is InChI=1S/C30H34Cl3N3O4S/c1-19(2)16-34-30(38)22(5)35(17-23-9-11-24(31)14-27(23)33)29(37)18-36(28-15-25(32)10-8-21(28)4)41(39,40)26-12-6-20(3)7-13-26/h6-15,19,22H,16-18H2,1-5H3,(H,34,38)/t22-/m1/s1. The molecule has 0 radical (unpaired) electrons. The number of amides is 2. The summed E-state index contributed by atoms with van der Waals surface area (Å²) < 4.78 is 29.0. The first-order valence-electron chi connectivity index (χ1n) is 13.1. The van der Waals surface area contributed by atoms with Crippen molar-refractivity contribution in [1.82, 2.24) is 10.2 Å². The van der Waals surface area contributed by atoms with Crippen LogP contribution in [-0.2, 0) is 26.2 Å². The summed E-state index contributed by atoms with van der Waals surface area (Å²) >= 11 is 18.8. The van der Waals surface area contributed by atoms with Crippen molar-refractivity contribution in [2.24, 2.45) is 5.92 Å². The minimum Gasteiger partial charge on any atom is -0.354 e. The van der Waals surface area contributed by atoms with Crippen LogP contribution in [0.3, 0.4) is 0 Å². The first-order chi connectivity index (χ1) is 19.2. The second-order valence-corrected chi connectivity index (χ2v) is 13.5. The number of rotatable bonds is 11. The highest BCUT2D eigenvalue weighted by Crippen LogP contribution is 2.30. The van der Waals surface area contributed by atoms with Gasteiger partial charge in [0.1, 0.15) is 12.6 Å². The van der Waals surface area contributed by atoms with Crippen LogP contribution in [0.5, 0.6) is 0 Å². The van der Waals surface area contributed by atoms with E-state index in [0.717, 1.165) is 9.87 Å². The Morgan fingerprint density at radius 3 is 2.10 bits per heavy atom. The third kappa shape index (κ3) is 8.38. The van der Waals surface area contributed by atoms with E-state index in [0.29, 0.717) is 32.7 Å². The summed E-state index contributed by atoms with van der Waals surface area (Å²) in [5.74, 6) is -0.774. The fourth-order valence-electron chi connectivity index (χ4n) is 4.07. The van der Waals surface area contributed by atoms with Gasteiger partial charge in [0.25, 0.3) is 10.0 Å². The Kier molecular flexibility index (Phi) is 11.1. The Morgan fingerprint density at radius 2 is 1.49 bits per heavy atom. The lowest BCUT2D eigenvalue weighted by atomic mass is 10.1. The van der Waals surface area contributed by atoms with Gasteiger partial charge in [-0.2, -0.15) is 0 Å². The average molecular weight is 639 g/mol. The number of nitrogens with one attached hydrogen (secondary N) is 1. The number of sulfonamides is 1. The van der Waals surface area contributed by atoms with Crippen molar-refractivity contribution in [3.8, 4) is 0 Å². The normalized spacial score (nSPS) is 12.2. The Bertz CT molecular complexity index is 1510. The Morgan fingerprint density at radius 1 is 0.878 bits per heavy atom. The van der Waals surface area contributed by atoms with Crippen LogP contribution in [-0.4, -0.2) is 44.3 Å². The highest BCUT2D eigenvalue weighted by Gasteiger charge is 2.33. The summed E-state index contributed by atoms with van der Waals surface area (Å²) in [6.07, 6.45) is 0. The van der Waals surface area contributed by atoms with Crippen LogP contribution in [0, 0.1) is 19.8 Å². The van der Waals surface area contributed by atoms with E-state index in [1.807, 2.05) is 20.8 Å². The largest absolute Gasteiger partial charge is 0.354 e. The second kappa shape index (κ2) is 13.9.